The van der Waals surface area contributed by atoms with Crippen molar-refractivity contribution >= 4 is 17.6 Å². The summed E-state index contributed by atoms with van der Waals surface area (Å²) in [6.07, 6.45) is 4.07. The summed E-state index contributed by atoms with van der Waals surface area (Å²) in [6, 6.07) is 6.80. The van der Waals surface area contributed by atoms with Crippen molar-refractivity contribution < 1.29 is 14.3 Å². The number of carbonyl (C=O) groups excluding carboxylic acids is 1. The average Bonchev–Trinajstić information content (AvgIpc) is 3.43. The van der Waals surface area contributed by atoms with Gasteiger partial charge in [-0.2, -0.15) is 10.2 Å². The van der Waals surface area contributed by atoms with Gasteiger partial charge in [-0.1, -0.05) is 11.6 Å². The van der Waals surface area contributed by atoms with Crippen molar-refractivity contribution in [1.82, 2.24) is 45.1 Å². The van der Waals surface area contributed by atoms with E-state index in [4.69, 9.17) is 11.6 Å². The molecule has 0 radical (unpaired) electrons. The molecule has 0 saturated heterocycles. The van der Waals surface area contributed by atoms with Crippen LogP contribution < -0.4 is 10.6 Å². The molecule has 0 bridgehead atoms. The van der Waals surface area contributed by atoms with E-state index in [1.165, 1.54) is 46.4 Å². The van der Waals surface area contributed by atoms with Crippen LogP contribution in [0.25, 0.3) is 11.4 Å². The molecule has 2 amide bonds. The summed E-state index contributed by atoms with van der Waals surface area (Å²) in [5.74, 6) is 0.161. The average molecular weight is 444 g/mol. The number of nitrogens with one attached hydrogen (secondary N) is 2. The number of hydrogen-bond donors (Lipinski definition) is 3. The highest BCUT2D eigenvalue weighted by Crippen LogP contribution is 2.18. The standard InChI is InChI=1S/C18H15ClFN9O2/c19-13-3-1-11(5-14(13)20)28-15(24-9-26-28)7-22-18(31)23-8-16-25-10-27-29(16)12-2-4-17(30)21-6-12/h1-6,9-10H,7-8H2,(H,21,30)(H2,22,23,31). The Balaban J connectivity index is 1.36. The fourth-order valence-corrected chi connectivity index (χ4v) is 2.82. The van der Waals surface area contributed by atoms with Gasteiger partial charge >= 0.3 is 6.03 Å². The summed E-state index contributed by atoms with van der Waals surface area (Å²) in [5, 5.41) is 22.8. The van der Waals surface area contributed by atoms with Crippen LogP contribution in [0, 0.1) is 5.82 Å². The molecule has 0 atom stereocenters. The minimum atomic E-state index is -0.584. The molecule has 0 spiro atoms. The predicted octanol–water partition coefficient (Wildman–Crippen LogP) is 1.74. The van der Waals surface area contributed by atoms with Crippen LogP contribution in [0.1, 0.15) is 11.6 Å². The van der Waals surface area contributed by atoms with E-state index < -0.39 is 11.8 Å². The van der Waals surface area contributed by atoms with Crippen molar-refractivity contribution in [2.45, 2.75) is 13.1 Å². The van der Waals surface area contributed by atoms with Crippen molar-refractivity contribution in [3.63, 3.8) is 0 Å². The van der Waals surface area contributed by atoms with Gasteiger partial charge in [0.25, 0.3) is 0 Å². The molecule has 0 aliphatic heterocycles. The number of amides is 2. The first kappa shape index (κ1) is 20.2. The summed E-state index contributed by atoms with van der Waals surface area (Å²) in [6.45, 7) is 0.131. The molecule has 0 unspecified atom stereocenters. The first-order chi connectivity index (χ1) is 15.0. The van der Waals surface area contributed by atoms with Gasteiger partial charge in [-0.05, 0) is 18.2 Å². The molecule has 0 aliphatic carbocycles. The van der Waals surface area contributed by atoms with E-state index in [-0.39, 0.29) is 24.0 Å². The minimum absolute atomic E-state index is 0.00106. The zero-order valence-corrected chi connectivity index (χ0v) is 16.5. The SMILES string of the molecule is O=C(NCc1ncnn1-c1ccc(O)nc1)NCc1ncnn1-c1ccc(Cl)c(F)c1. The third kappa shape index (κ3) is 4.59. The quantitative estimate of drug-likeness (QED) is 0.413. The van der Waals surface area contributed by atoms with E-state index in [2.05, 4.69) is 35.8 Å². The third-order valence-electron chi connectivity index (χ3n) is 4.18. The number of benzene rings is 1. The van der Waals surface area contributed by atoms with Crippen LogP contribution in [-0.4, -0.2) is 45.7 Å². The second kappa shape index (κ2) is 8.75. The fourth-order valence-electron chi connectivity index (χ4n) is 2.70. The molecule has 0 saturated carbocycles. The molecule has 3 heterocycles. The third-order valence-corrected chi connectivity index (χ3v) is 4.48. The predicted molar refractivity (Wildman–Crippen MR) is 106 cm³/mol. The number of hydrogen-bond acceptors (Lipinski definition) is 7. The summed E-state index contributed by atoms with van der Waals surface area (Å²) in [5.41, 5.74) is 1.00. The van der Waals surface area contributed by atoms with Crippen LogP contribution in [-0.2, 0) is 13.1 Å². The lowest BCUT2D eigenvalue weighted by atomic mass is 10.3. The Labute approximate surface area is 179 Å². The fraction of sp³-hybridized carbons (Fsp3) is 0.111. The van der Waals surface area contributed by atoms with Gasteiger partial charge in [0.2, 0.25) is 5.88 Å². The van der Waals surface area contributed by atoms with Gasteiger partial charge in [-0.3, -0.25) is 0 Å². The Kier molecular flexibility index (Phi) is 5.71. The molecule has 0 fully saturated rings. The smallest absolute Gasteiger partial charge is 0.315 e. The summed E-state index contributed by atoms with van der Waals surface area (Å²) in [7, 11) is 0. The molecule has 1 aromatic carbocycles. The van der Waals surface area contributed by atoms with Crippen molar-refractivity contribution in [3.8, 4) is 17.3 Å². The van der Waals surface area contributed by atoms with E-state index in [0.29, 0.717) is 23.0 Å². The van der Waals surface area contributed by atoms with Crippen LogP contribution >= 0.6 is 11.6 Å². The number of aromatic nitrogens is 7. The zero-order chi connectivity index (χ0) is 21.8. The van der Waals surface area contributed by atoms with Gasteiger partial charge in [0.05, 0.1) is 35.7 Å². The molecule has 11 nitrogen and oxygen atoms in total. The summed E-state index contributed by atoms with van der Waals surface area (Å²) in [4.78, 5) is 24.2. The lowest BCUT2D eigenvalue weighted by Crippen LogP contribution is -2.36. The Morgan fingerprint density at radius 3 is 2.16 bits per heavy atom. The highest BCUT2D eigenvalue weighted by atomic mass is 35.5. The number of nitrogens with zero attached hydrogens (tertiary/aromatic N) is 7. The van der Waals surface area contributed by atoms with E-state index >= 15 is 0 Å². The van der Waals surface area contributed by atoms with Crippen LogP contribution in [0.5, 0.6) is 5.88 Å². The Morgan fingerprint density at radius 1 is 0.968 bits per heavy atom. The number of urea groups is 1. The van der Waals surface area contributed by atoms with Crippen LogP contribution in [0.4, 0.5) is 9.18 Å². The van der Waals surface area contributed by atoms with E-state index in [9.17, 15) is 14.3 Å². The van der Waals surface area contributed by atoms with Gasteiger partial charge < -0.3 is 15.7 Å². The summed E-state index contributed by atoms with van der Waals surface area (Å²) >= 11 is 5.71. The number of carbonyl (C=O) groups is 1. The molecule has 31 heavy (non-hydrogen) atoms. The topological polar surface area (TPSA) is 136 Å². The van der Waals surface area contributed by atoms with Gasteiger partial charge in [-0.25, -0.2) is 33.5 Å². The largest absolute Gasteiger partial charge is 0.493 e. The van der Waals surface area contributed by atoms with E-state index in [1.807, 2.05) is 0 Å². The second-order valence-corrected chi connectivity index (χ2v) is 6.59. The monoisotopic (exact) mass is 443 g/mol. The van der Waals surface area contributed by atoms with Crippen molar-refractivity contribution in [2.24, 2.45) is 0 Å². The number of rotatable bonds is 6. The summed E-state index contributed by atoms with van der Waals surface area (Å²) < 4.78 is 16.6. The molecule has 4 rings (SSSR count). The zero-order valence-electron chi connectivity index (χ0n) is 15.8. The first-order valence-electron chi connectivity index (χ1n) is 8.91. The highest BCUT2D eigenvalue weighted by Gasteiger charge is 2.12. The Hall–Kier alpha value is -4.06. The lowest BCUT2D eigenvalue weighted by molar-refractivity contribution is 0.239. The Morgan fingerprint density at radius 2 is 1.58 bits per heavy atom. The number of halogens is 2. The van der Waals surface area contributed by atoms with Gasteiger partial charge in [-0.15, -0.1) is 0 Å². The molecule has 0 aliphatic rings. The van der Waals surface area contributed by atoms with Crippen LogP contribution in [0.15, 0.2) is 49.2 Å². The molecule has 13 heteroatoms. The van der Waals surface area contributed by atoms with Crippen molar-refractivity contribution in [3.05, 3.63) is 71.7 Å². The maximum Gasteiger partial charge on any atom is 0.315 e. The minimum Gasteiger partial charge on any atom is -0.493 e. The molecule has 4 aromatic rings. The van der Waals surface area contributed by atoms with E-state index in [0.717, 1.165) is 0 Å². The molecule has 3 aromatic heterocycles. The van der Waals surface area contributed by atoms with Gasteiger partial charge in [0.1, 0.15) is 18.5 Å². The maximum atomic E-state index is 13.7. The molecule has 3 N–H and O–H groups in total. The van der Waals surface area contributed by atoms with Crippen molar-refractivity contribution in [1.29, 1.82) is 0 Å². The lowest BCUT2D eigenvalue weighted by Gasteiger charge is -2.10. The molecule has 158 valence electrons. The second-order valence-electron chi connectivity index (χ2n) is 6.19. The normalized spacial score (nSPS) is 10.8. The Bertz CT molecular complexity index is 1210. The van der Waals surface area contributed by atoms with Gasteiger partial charge in [0.15, 0.2) is 11.6 Å². The van der Waals surface area contributed by atoms with Crippen LogP contribution in [0.2, 0.25) is 5.02 Å². The number of pyridine rings is 1. The first-order valence-corrected chi connectivity index (χ1v) is 9.29. The highest BCUT2D eigenvalue weighted by molar-refractivity contribution is 6.30. The van der Waals surface area contributed by atoms with Gasteiger partial charge in [0, 0.05) is 12.1 Å². The molecular weight excluding hydrogens is 429 g/mol. The van der Waals surface area contributed by atoms with E-state index in [1.54, 1.807) is 12.1 Å². The number of aromatic hydroxyl groups is 1. The van der Waals surface area contributed by atoms with Crippen LogP contribution in [0.3, 0.4) is 0 Å². The van der Waals surface area contributed by atoms with Crippen molar-refractivity contribution in [2.75, 3.05) is 0 Å². The molecular formula is C18H15ClFN9O2. The maximum absolute atomic E-state index is 13.7.